The SMILES string of the molecule is COCCc1ccc(Cl)c(CN(C(=O)[C@@H](CN)Cc2ccc(OCCOc3c(Cl)cc(C)cc3Cl)nc2)C2CC2)c1. The molecule has 0 aliphatic heterocycles. The highest BCUT2D eigenvalue weighted by Gasteiger charge is 2.35. The predicted octanol–water partition coefficient (Wildman–Crippen LogP) is 6.31. The van der Waals surface area contributed by atoms with Gasteiger partial charge in [-0.05, 0) is 73.1 Å². The molecular formula is C31H36Cl3N3O4. The normalized spacial score (nSPS) is 13.6. The van der Waals surface area contributed by atoms with E-state index in [-0.39, 0.29) is 37.6 Å². The molecule has 1 fully saturated rings. The predicted molar refractivity (Wildman–Crippen MR) is 163 cm³/mol. The van der Waals surface area contributed by atoms with Gasteiger partial charge in [-0.1, -0.05) is 53.0 Å². The molecule has 1 aliphatic carbocycles. The molecule has 1 amide bonds. The zero-order valence-corrected chi connectivity index (χ0v) is 25.6. The molecular weight excluding hydrogens is 585 g/mol. The number of aryl methyl sites for hydroxylation is 1. The van der Waals surface area contributed by atoms with Crippen molar-refractivity contribution in [1.29, 1.82) is 0 Å². The van der Waals surface area contributed by atoms with Gasteiger partial charge in [0.2, 0.25) is 11.8 Å². The standard InChI is InChI=1S/C31H36Cl3N3O4/c1-20-13-27(33)30(28(34)14-20)41-12-11-40-29-8-4-22(18-36-29)16-23(17-35)31(38)37(25-5-6-25)19-24-15-21(9-10-39-2)3-7-26(24)32/h3-4,7-8,13-15,18,23,25H,5-6,9-12,16-17,19,35H2,1-2H3/t23-/m1/s1. The van der Waals surface area contributed by atoms with E-state index in [2.05, 4.69) is 11.1 Å². The Balaban J connectivity index is 1.32. The highest BCUT2D eigenvalue weighted by Crippen LogP contribution is 2.34. The third kappa shape index (κ3) is 8.97. The monoisotopic (exact) mass is 619 g/mol. The lowest BCUT2D eigenvalue weighted by molar-refractivity contribution is -0.136. The number of hydrogen-bond acceptors (Lipinski definition) is 6. The van der Waals surface area contributed by atoms with Crippen molar-refractivity contribution >= 4 is 40.7 Å². The Bertz CT molecular complexity index is 1300. The van der Waals surface area contributed by atoms with Crippen LogP contribution in [0.3, 0.4) is 0 Å². The average Bonchev–Trinajstić information content (AvgIpc) is 3.79. The number of amides is 1. The minimum atomic E-state index is -0.364. The molecule has 2 aromatic carbocycles. The van der Waals surface area contributed by atoms with Gasteiger partial charge in [0.05, 0.1) is 22.6 Å². The van der Waals surface area contributed by atoms with Crippen molar-refractivity contribution in [2.45, 2.75) is 45.2 Å². The molecule has 0 saturated heterocycles. The maximum absolute atomic E-state index is 13.7. The number of methoxy groups -OCH3 is 1. The summed E-state index contributed by atoms with van der Waals surface area (Å²) in [5, 5.41) is 1.57. The van der Waals surface area contributed by atoms with Gasteiger partial charge < -0.3 is 24.8 Å². The minimum Gasteiger partial charge on any atom is -0.487 e. The quantitative estimate of drug-likeness (QED) is 0.201. The second kappa shape index (κ2) is 15.1. The lowest BCUT2D eigenvalue weighted by atomic mass is 9.98. The van der Waals surface area contributed by atoms with Crippen LogP contribution in [0.25, 0.3) is 0 Å². The number of pyridine rings is 1. The Morgan fingerprint density at radius 2 is 1.71 bits per heavy atom. The Labute approximate surface area is 256 Å². The smallest absolute Gasteiger partial charge is 0.227 e. The van der Waals surface area contributed by atoms with E-state index >= 15 is 0 Å². The van der Waals surface area contributed by atoms with Gasteiger partial charge in [-0.15, -0.1) is 0 Å². The topological polar surface area (TPSA) is 86.9 Å². The molecule has 10 heteroatoms. The molecule has 0 unspecified atom stereocenters. The Hall–Kier alpha value is -2.55. The zero-order chi connectivity index (χ0) is 29.4. The van der Waals surface area contributed by atoms with Gasteiger partial charge in [-0.2, -0.15) is 0 Å². The fourth-order valence-corrected chi connectivity index (χ4v) is 5.49. The summed E-state index contributed by atoms with van der Waals surface area (Å²) >= 11 is 19.0. The number of halogens is 3. The first-order valence-electron chi connectivity index (χ1n) is 13.7. The van der Waals surface area contributed by atoms with Gasteiger partial charge in [-0.25, -0.2) is 4.98 Å². The van der Waals surface area contributed by atoms with Crippen LogP contribution in [-0.2, 0) is 28.9 Å². The second-order valence-electron chi connectivity index (χ2n) is 10.3. The van der Waals surface area contributed by atoms with Crippen LogP contribution < -0.4 is 15.2 Å². The minimum absolute atomic E-state index is 0.0410. The number of carbonyl (C=O) groups is 1. The van der Waals surface area contributed by atoms with E-state index in [0.717, 1.165) is 41.5 Å². The molecule has 7 nitrogen and oxygen atoms in total. The van der Waals surface area contributed by atoms with Crippen LogP contribution in [0, 0.1) is 12.8 Å². The van der Waals surface area contributed by atoms with Crippen LogP contribution in [0.15, 0.2) is 48.7 Å². The van der Waals surface area contributed by atoms with Crippen LogP contribution in [0.5, 0.6) is 11.6 Å². The number of benzene rings is 2. The second-order valence-corrected chi connectivity index (χ2v) is 11.5. The Morgan fingerprint density at radius 1 is 1.00 bits per heavy atom. The van der Waals surface area contributed by atoms with E-state index in [1.54, 1.807) is 31.5 Å². The molecule has 0 spiro atoms. The summed E-state index contributed by atoms with van der Waals surface area (Å²) in [6, 6.07) is 13.5. The van der Waals surface area contributed by atoms with Crippen molar-refractivity contribution in [3.05, 3.63) is 86.0 Å². The number of rotatable bonds is 15. The fourth-order valence-electron chi connectivity index (χ4n) is 4.60. The average molecular weight is 621 g/mol. The van der Waals surface area contributed by atoms with Crippen LogP contribution >= 0.6 is 34.8 Å². The molecule has 4 rings (SSSR count). The summed E-state index contributed by atoms with van der Waals surface area (Å²) in [4.78, 5) is 20.0. The summed E-state index contributed by atoms with van der Waals surface area (Å²) < 4.78 is 16.6. The molecule has 2 N–H and O–H groups in total. The number of hydrogen-bond donors (Lipinski definition) is 1. The van der Waals surface area contributed by atoms with Crippen LogP contribution in [0.4, 0.5) is 0 Å². The Kier molecular flexibility index (Phi) is 11.5. The maximum Gasteiger partial charge on any atom is 0.227 e. The van der Waals surface area contributed by atoms with E-state index in [4.69, 9.17) is 54.7 Å². The Morgan fingerprint density at radius 3 is 2.34 bits per heavy atom. The first-order valence-corrected chi connectivity index (χ1v) is 14.8. The first kappa shape index (κ1) is 31.4. The van der Waals surface area contributed by atoms with E-state index in [1.165, 1.54) is 0 Å². The first-order chi connectivity index (χ1) is 19.8. The van der Waals surface area contributed by atoms with Gasteiger partial charge in [0.1, 0.15) is 13.2 Å². The van der Waals surface area contributed by atoms with Crippen molar-refractivity contribution in [2.75, 3.05) is 33.5 Å². The molecule has 1 heterocycles. The summed E-state index contributed by atoms with van der Waals surface area (Å²) in [6.07, 6.45) is 4.98. The highest BCUT2D eigenvalue weighted by molar-refractivity contribution is 6.37. The molecule has 1 aromatic heterocycles. The van der Waals surface area contributed by atoms with Crippen molar-refractivity contribution < 1.29 is 19.0 Å². The number of ether oxygens (including phenoxy) is 3. The van der Waals surface area contributed by atoms with E-state index in [0.29, 0.717) is 46.3 Å². The highest BCUT2D eigenvalue weighted by atomic mass is 35.5. The largest absolute Gasteiger partial charge is 0.487 e. The molecule has 3 aromatic rings. The lowest BCUT2D eigenvalue weighted by Gasteiger charge is -2.28. The molecule has 220 valence electrons. The van der Waals surface area contributed by atoms with Crippen molar-refractivity contribution in [3.8, 4) is 11.6 Å². The van der Waals surface area contributed by atoms with Gasteiger partial charge in [0.25, 0.3) is 0 Å². The van der Waals surface area contributed by atoms with Gasteiger partial charge in [-0.3, -0.25) is 4.79 Å². The summed E-state index contributed by atoms with van der Waals surface area (Å²) in [5.41, 5.74) is 10.0. The van der Waals surface area contributed by atoms with Crippen LogP contribution in [-0.4, -0.2) is 55.3 Å². The van der Waals surface area contributed by atoms with E-state index in [1.807, 2.05) is 30.0 Å². The molecule has 0 radical (unpaired) electrons. The molecule has 41 heavy (non-hydrogen) atoms. The maximum atomic E-state index is 13.7. The molecule has 1 atom stereocenters. The van der Waals surface area contributed by atoms with Gasteiger partial charge in [0.15, 0.2) is 5.75 Å². The number of nitrogens with two attached hydrogens (primary N) is 1. The van der Waals surface area contributed by atoms with Crippen molar-refractivity contribution in [2.24, 2.45) is 11.7 Å². The van der Waals surface area contributed by atoms with Crippen LogP contribution in [0.1, 0.15) is 35.1 Å². The van der Waals surface area contributed by atoms with Crippen LogP contribution in [0.2, 0.25) is 15.1 Å². The molecule has 1 aliphatic rings. The fraction of sp³-hybridized carbons (Fsp3) is 0.419. The summed E-state index contributed by atoms with van der Waals surface area (Å²) in [7, 11) is 1.68. The zero-order valence-electron chi connectivity index (χ0n) is 23.4. The summed E-state index contributed by atoms with van der Waals surface area (Å²) in [5.74, 6) is 0.567. The van der Waals surface area contributed by atoms with E-state index in [9.17, 15) is 4.79 Å². The molecule has 1 saturated carbocycles. The van der Waals surface area contributed by atoms with Gasteiger partial charge >= 0.3 is 0 Å². The summed E-state index contributed by atoms with van der Waals surface area (Å²) in [6.45, 7) is 3.77. The number of nitrogens with zero attached hydrogens (tertiary/aromatic N) is 2. The van der Waals surface area contributed by atoms with Gasteiger partial charge in [0, 0.05) is 43.5 Å². The lowest BCUT2D eigenvalue weighted by Crippen LogP contribution is -2.41. The number of aromatic nitrogens is 1. The molecule has 0 bridgehead atoms. The third-order valence-corrected chi connectivity index (χ3v) is 7.88. The van der Waals surface area contributed by atoms with E-state index < -0.39 is 0 Å². The van der Waals surface area contributed by atoms with Crippen molar-refractivity contribution in [1.82, 2.24) is 9.88 Å². The number of carbonyl (C=O) groups excluding carboxylic acids is 1. The van der Waals surface area contributed by atoms with Crippen molar-refractivity contribution in [3.63, 3.8) is 0 Å². The third-order valence-electron chi connectivity index (χ3n) is 6.95.